The van der Waals surface area contributed by atoms with Crippen LogP contribution in [-0.4, -0.2) is 28.8 Å². The van der Waals surface area contributed by atoms with Crippen molar-refractivity contribution in [1.82, 2.24) is 20.4 Å². The lowest BCUT2D eigenvalue weighted by Gasteiger charge is -2.11. The van der Waals surface area contributed by atoms with Crippen LogP contribution >= 0.6 is 23.2 Å². The molecule has 130 valence electrons. The van der Waals surface area contributed by atoms with Crippen LogP contribution in [0.25, 0.3) is 0 Å². The molecular formula is C17H23Cl2N5. The van der Waals surface area contributed by atoms with E-state index in [1.54, 1.807) is 6.07 Å². The summed E-state index contributed by atoms with van der Waals surface area (Å²) in [7, 11) is 0. The smallest absolute Gasteiger partial charge is 0.191 e. The molecule has 0 amide bonds. The molecule has 2 rings (SSSR count). The van der Waals surface area contributed by atoms with Crippen LogP contribution in [-0.2, 0) is 13.1 Å². The van der Waals surface area contributed by atoms with Gasteiger partial charge in [-0.25, -0.2) is 4.99 Å². The van der Waals surface area contributed by atoms with Crippen molar-refractivity contribution >= 4 is 29.2 Å². The molecule has 2 N–H and O–H groups in total. The van der Waals surface area contributed by atoms with E-state index < -0.39 is 0 Å². The number of guanidine groups is 1. The molecule has 0 atom stereocenters. The molecule has 0 saturated carbocycles. The Labute approximate surface area is 153 Å². The molecular weight excluding hydrogens is 345 g/mol. The van der Waals surface area contributed by atoms with Gasteiger partial charge in [0.25, 0.3) is 0 Å². The van der Waals surface area contributed by atoms with E-state index >= 15 is 0 Å². The van der Waals surface area contributed by atoms with E-state index in [1.165, 1.54) is 5.56 Å². The average molecular weight is 368 g/mol. The normalized spacial score (nSPS) is 11.6. The molecule has 2 aromatic rings. The molecule has 7 heteroatoms. The van der Waals surface area contributed by atoms with E-state index in [-0.39, 0.29) is 0 Å². The summed E-state index contributed by atoms with van der Waals surface area (Å²) in [5.74, 6) is 0.778. The van der Waals surface area contributed by atoms with Gasteiger partial charge in [-0.3, -0.25) is 4.68 Å². The summed E-state index contributed by atoms with van der Waals surface area (Å²) >= 11 is 12.1. The molecule has 0 spiro atoms. The maximum absolute atomic E-state index is 6.18. The summed E-state index contributed by atoms with van der Waals surface area (Å²) in [6.45, 7) is 7.09. The Morgan fingerprint density at radius 2 is 2.12 bits per heavy atom. The molecule has 1 aromatic carbocycles. The van der Waals surface area contributed by atoms with Crippen molar-refractivity contribution in [1.29, 1.82) is 0 Å². The van der Waals surface area contributed by atoms with E-state index in [0.717, 1.165) is 37.6 Å². The number of nitrogens with one attached hydrogen (secondary N) is 2. The summed E-state index contributed by atoms with van der Waals surface area (Å²) < 4.78 is 1.95. The monoisotopic (exact) mass is 367 g/mol. The van der Waals surface area contributed by atoms with E-state index in [2.05, 4.69) is 20.7 Å². The summed E-state index contributed by atoms with van der Waals surface area (Å²) in [6, 6.07) is 5.46. The van der Waals surface area contributed by atoms with Crippen molar-refractivity contribution < 1.29 is 0 Å². The molecule has 24 heavy (non-hydrogen) atoms. The number of rotatable bonds is 7. The molecule has 0 saturated heterocycles. The van der Waals surface area contributed by atoms with Gasteiger partial charge in [0, 0.05) is 35.9 Å². The SMILES string of the molecule is CCNC(=NCc1ccc(Cl)cc1Cl)NCCCn1cc(C)cn1. The van der Waals surface area contributed by atoms with Crippen molar-refractivity contribution in [3.8, 4) is 0 Å². The van der Waals surface area contributed by atoms with Crippen LogP contribution in [0.15, 0.2) is 35.6 Å². The third kappa shape index (κ3) is 6.06. The van der Waals surface area contributed by atoms with Crippen LogP contribution < -0.4 is 10.6 Å². The number of hydrogen-bond donors (Lipinski definition) is 2. The standard InChI is InChI=1S/C17H23Cl2N5/c1-3-20-17(21-7-4-8-24-12-13(2)10-23-24)22-11-14-5-6-15(18)9-16(14)19/h5-6,9-10,12H,3-4,7-8,11H2,1-2H3,(H2,20,21,22). The zero-order chi connectivity index (χ0) is 17.4. The molecule has 1 heterocycles. The van der Waals surface area contributed by atoms with Crippen LogP contribution in [0.3, 0.4) is 0 Å². The highest BCUT2D eigenvalue weighted by molar-refractivity contribution is 6.35. The Morgan fingerprint density at radius 3 is 2.79 bits per heavy atom. The minimum atomic E-state index is 0.504. The molecule has 0 fully saturated rings. The summed E-state index contributed by atoms with van der Waals surface area (Å²) in [6.07, 6.45) is 4.88. The maximum Gasteiger partial charge on any atom is 0.191 e. The first-order chi connectivity index (χ1) is 11.6. The number of aryl methyl sites for hydroxylation is 2. The van der Waals surface area contributed by atoms with Crippen LogP contribution in [0.5, 0.6) is 0 Å². The summed E-state index contributed by atoms with van der Waals surface area (Å²) in [4.78, 5) is 4.57. The van der Waals surface area contributed by atoms with Gasteiger partial charge in [-0.05, 0) is 43.5 Å². The van der Waals surface area contributed by atoms with Gasteiger partial charge >= 0.3 is 0 Å². The number of aromatic nitrogens is 2. The second-order valence-corrected chi connectivity index (χ2v) is 6.34. The lowest BCUT2D eigenvalue weighted by Crippen LogP contribution is -2.38. The van der Waals surface area contributed by atoms with Crippen molar-refractivity contribution in [2.75, 3.05) is 13.1 Å². The van der Waals surface area contributed by atoms with Gasteiger partial charge in [0.2, 0.25) is 0 Å². The number of halogens is 2. The van der Waals surface area contributed by atoms with Gasteiger partial charge in [0.05, 0.1) is 12.7 Å². The Kier molecular flexibility index (Phi) is 7.40. The van der Waals surface area contributed by atoms with Crippen molar-refractivity contribution in [2.24, 2.45) is 4.99 Å². The number of nitrogens with zero attached hydrogens (tertiary/aromatic N) is 3. The molecule has 0 aliphatic rings. The Bertz CT molecular complexity index is 681. The summed E-state index contributed by atoms with van der Waals surface area (Å²) in [5.41, 5.74) is 2.13. The third-order valence-electron chi connectivity index (χ3n) is 3.39. The lowest BCUT2D eigenvalue weighted by molar-refractivity contribution is 0.570. The number of hydrogen-bond acceptors (Lipinski definition) is 2. The van der Waals surface area contributed by atoms with E-state index in [0.29, 0.717) is 16.6 Å². The van der Waals surface area contributed by atoms with Crippen molar-refractivity contribution in [3.63, 3.8) is 0 Å². The van der Waals surface area contributed by atoms with Crippen LogP contribution in [0.4, 0.5) is 0 Å². The quantitative estimate of drug-likeness (QED) is 0.446. The topological polar surface area (TPSA) is 54.2 Å². The highest BCUT2D eigenvalue weighted by Crippen LogP contribution is 2.21. The molecule has 0 aliphatic heterocycles. The Hall–Kier alpha value is -1.72. The van der Waals surface area contributed by atoms with E-state index in [4.69, 9.17) is 23.2 Å². The predicted octanol–water partition coefficient (Wildman–Crippen LogP) is 3.64. The molecule has 0 bridgehead atoms. The zero-order valence-corrected chi connectivity index (χ0v) is 15.5. The molecule has 0 aliphatic carbocycles. The second kappa shape index (κ2) is 9.55. The van der Waals surface area contributed by atoms with Gasteiger partial charge in [0.15, 0.2) is 5.96 Å². The fourth-order valence-electron chi connectivity index (χ4n) is 2.19. The molecule has 5 nitrogen and oxygen atoms in total. The van der Waals surface area contributed by atoms with E-state index in [9.17, 15) is 0 Å². The van der Waals surface area contributed by atoms with Gasteiger partial charge in [0.1, 0.15) is 0 Å². The first-order valence-electron chi connectivity index (χ1n) is 8.03. The number of benzene rings is 1. The predicted molar refractivity (Wildman–Crippen MR) is 101 cm³/mol. The van der Waals surface area contributed by atoms with Crippen LogP contribution in [0.2, 0.25) is 10.0 Å². The lowest BCUT2D eigenvalue weighted by atomic mass is 10.2. The highest BCUT2D eigenvalue weighted by Gasteiger charge is 2.02. The van der Waals surface area contributed by atoms with Gasteiger partial charge < -0.3 is 10.6 Å². The van der Waals surface area contributed by atoms with Crippen LogP contribution in [0, 0.1) is 6.92 Å². The minimum absolute atomic E-state index is 0.504. The fraction of sp³-hybridized carbons (Fsp3) is 0.412. The average Bonchev–Trinajstić information content (AvgIpc) is 2.96. The van der Waals surface area contributed by atoms with Crippen molar-refractivity contribution in [2.45, 2.75) is 33.4 Å². The largest absolute Gasteiger partial charge is 0.357 e. The van der Waals surface area contributed by atoms with E-state index in [1.807, 2.05) is 43.1 Å². The Morgan fingerprint density at radius 1 is 1.29 bits per heavy atom. The van der Waals surface area contributed by atoms with Crippen LogP contribution in [0.1, 0.15) is 24.5 Å². The van der Waals surface area contributed by atoms with Gasteiger partial charge in [-0.1, -0.05) is 29.3 Å². The van der Waals surface area contributed by atoms with Crippen molar-refractivity contribution in [3.05, 3.63) is 51.8 Å². The highest BCUT2D eigenvalue weighted by atomic mass is 35.5. The summed E-state index contributed by atoms with van der Waals surface area (Å²) in [5, 5.41) is 12.1. The first kappa shape index (κ1) is 18.6. The first-order valence-corrected chi connectivity index (χ1v) is 8.79. The molecule has 1 aromatic heterocycles. The maximum atomic E-state index is 6.18. The third-order valence-corrected chi connectivity index (χ3v) is 3.97. The molecule has 0 radical (unpaired) electrons. The second-order valence-electron chi connectivity index (χ2n) is 5.49. The zero-order valence-electron chi connectivity index (χ0n) is 14.0. The molecule has 0 unspecified atom stereocenters. The fourth-order valence-corrected chi connectivity index (χ4v) is 2.66. The minimum Gasteiger partial charge on any atom is -0.357 e. The van der Waals surface area contributed by atoms with Gasteiger partial charge in [-0.2, -0.15) is 5.10 Å². The Balaban J connectivity index is 1.83. The van der Waals surface area contributed by atoms with Gasteiger partial charge in [-0.15, -0.1) is 0 Å². The number of aliphatic imine (C=N–C) groups is 1.